The maximum Gasteiger partial charge on any atom is 0.191 e. The molecule has 0 fully saturated rings. The average Bonchev–Trinajstić information content (AvgIpc) is 2.65. The summed E-state index contributed by atoms with van der Waals surface area (Å²) in [6.45, 7) is 8.29. The van der Waals surface area contributed by atoms with Crippen LogP contribution >= 0.6 is 0 Å². The van der Waals surface area contributed by atoms with Crippen molar-refractivity contribution in [1.29, 1.82) is 0 Å². The summed E-state index contributed by atoms with van der Waals surface area (Å²) in [5, 5.41) is 6.68. The van der Waals surface area contributed by atoms with E-state index in [-0.39, 0.29) is 0 Å². The molecular formula is C20H28N4O. The molecule has 134 valence electrons. The molecule has 0 aliphatic carbocycles. The molecule has 1 heterocycles. The van der Waals surface area contributed by atoms with Gasteiger partial charge in [-0.1, -0.05) is 25.1 Å². The Morgan fingerprint density at radius 1 is 1.20 bits per heavy atom. The lowest BCUT2D eigenvalue weighted by Crippen LogP contribution is -2.41. The predicted molar refractivity (Wildman–Crippen MR) is 103 cm³/mol. The molecule has 0 spiro atoms. The molecule has 0 saturated heterocycles. The van der Waals surface area contributed by atoms with E-state index >= 15 is 0 Å². The number of guanidine groups is 1. The molecule has 5 heteroatoms. The van der Waals surface area contributed by atoms with Crippen molar-refractivity contribution in [2.24, 2.45) is 4.99 Å². The highest BCUT2D eigenvalue weighted by Crippen LogP contribution is 2.15. The van der Waals surface area contributed by atoms with Gasteiger partial charge < -0.3 is 15.4 Å². The van der Waals surface area contributed by atoms with Crippen molar-refractivity contribution in [2.45, 2.75) is 46.4 Å². The Bertz CT molecular complexity index is 658. The van der Waals surface area contributed by atoms with E-state index in [2.05, 4.69) is 47.4 Å². The minimum atomic E-state index is 0.394. The number of nitrogens with zero attached hydrogens (tertiary/aromatic N) is 2. The van der Waals surface area contributed by atoms with Crippen LogP contribution in [-0.2, 0) is 13.2 Å². The number of hydrogen-bond acceptors (Lipinski definition) is 3. The largest absolute Gasteiger partial charge is 0.487 e. The Morgan fingerprint density at radius 3 is 2.80 bits per heavy atom. The van der Waals surface area contributed by atoms with Crippen molar-refractivity contribution in [1.82, 2.24) is 15.6 Å². The Balaban J connectivity index is 1.96. The zero-order valence-corrected chi connectivity index (χ0v) is 15.3. The lowest BCUT2D eigenvalue weighted by atomic mass is 10.2. The number of aromatic nitrogens is 1. The van der Waals surface area contributed by atoms with Crippen LogP contribution in [0.2, 0.25) is 0 Å². The Labute approximate surface area is 150 Å². The molecule has 5 nitrogen and oxygen atoms in total. The second kappa shape index (κ2) is 10.3. The summed E-state index contributed by atoms with van der Waals surface area (Å²) in [6.07, 6.45) is 2.83. The number of ether oxygens (including phenoxy) is 1. The van der Waals surface area contributed by atoms with Gasteiger partial charge in [-0.2, -0.15) is 0 Å². The summed E-state index contributed by atoms with van der Waals surface area (Å²) in [6, 6.07) is 14.2. The fourth-order valence-electron chi connectivity index (χ4n) is 2.20. The third-order valence-electron chi connectivity index (χ3n) is 3.77. The summed E-state index contributed by atoms with van der Waals surface area (Å²) >= 11 is 0. The Hall–Kier alpha value is -2.56. The lowest BCUT2D eigenvalue weighted by Gasteiger charge is -2.16. The van der Waals surface area contributed by atoms with Gasteiger partial charge in [-0.25, -0.2) is 4.99 Å². The monoisotopic (exact) mass is 340 g/mol. The maximum atomic E-state index is 5.83. The third-order valence-corrected chi connectivity index (χ3v) is 3.77. The van der Waals surface area contributed by atoms with Crippen molar-refractivity contribution >= 4 is 5.96 Å². The molecule has 1 aromatic carbocycles. The third kappa shape index (κ3) is 6.83. The van der Waals surface area contributed by atoms with Crippen LogP contribution < -0.4 is 15.4 Å². The first-order valence-corrected chi connectivity index (χ1v) is 8.87. The van der Waals surface area contributed by atoms with Gasteiger partial charge in [0, 0.05) is 18.8 Å². The van der Waals surface area contributed by atoms with Crippen LogP contribution in [0.25, 0.3) is 0 Å². The van der Waals surface area contributed by atoms with Crippen LogP contribution in [-0.4, -0.2) is 23.5 Å². The van der Waals surface area contributed by atoms with E-state index in [9.17, 15) is 0 Å². The zero-order chi connectivity index (χ0) is 17.9. The van der Waals surface area contributed by atoms with Crippen LogP contribution in [0.1, 0.15) is 38.4 Å². The summed E-state index contributed by atoms with van der Waals surface area (Å²) < 4.78 is 5.83. The van der Waals surface area contributed by atoms with E-state index in [0.29, 0.717) is 19.2 Å². The smallest absolute Gasteiger partial charge is 0.191 e. The summed E-state index contributed by atoms with van der Waals surface area (Å²) in [5.41, 5.74) is 2.03. The van der Waals surface area contributed by atoms with Gasteiger partial charge >= 0.3 is 0 Å². The van der Waals surface area contributed by atoms with E-state index < -0.39 is 0 Å². The van der Waals surface area contributed by atoms with Crippen LogP contribution in [0.3, 0.4) is 0 Å². The second-order valence-corrected chi connectivity index (χ2v) is 5.91. The van der Waals surface area contributed by atoms with Gasteiger partial charge in [0.05, 0.1) is 12.2 Å². The molecule has 0 amide bonds. The lowest BCUT2D eigenvalue weighted by molar-refractivity contribution is 0.301. The molecule has 0 saturated carbocycles. The van der Waals surface area contributed by atoms with Gasteiger partial charge in [0.2, 0.25) is 0 Å². The highest BCUT2D eigenvalue weighted by molar-refractivity contribution is 5.80. The molecule has 1 atom stereocenters. The standard InChI is InChI=1S/C20H28N4O/c1-4-16(3)24-20(21-5-2)23-14-17-9-8-11-19(13-17)25-15-18-10-6-7-12-22-18/h6-13,16H,4-5,14-15H2,1-3H3,(H2,21,23,24). The highest BCUT2D eigenvalue weighted by Gasteiger charge is 2.03. The predicted octanol–water partition coefficient (Wildman–Crippen LogP) is 3.51. The van der Waals surface area contributed by atoms with Gasteiger partial charge in [-0.3, -0.25) is 4.98 Å². The SMILES string of the molecule is CCNC(=NCc1cccc(OCc2ccccn2)c1)NC(C)CC. The summed E-state index contributed by atoms with van der Waals surface area (Å²) in [4.78, 5) is 8.93. The number of aliphatic imine (C=N–C) groups is 1. The quantitative estimate of drug-likeness (QED) is 0.570. The summed E-state index contributed by atoms with van der Waals surface area (Å²) in [5.74, 6) is 1.68. The normalized spacial score (nSPS) is 12.5. The maximum absolute atomic E-state index is 5.83. The molecule has 25 heavy (non-hydrogen) atoms. The van der Waals surface area contributed by atoms with Crippen molar-refractivity contribution in [3.8, 4) is 5.75 Å². The van der Waals surface area contributed by atoms with Crippen molar-refractivity contribution < 1.29 is 4.74 Å². The molecule has 1 unspecified atom stereocenters. The number of nitrogens with one attached hydrogen (secondary N) is 2. The van der Waals surface area contributed by atoms with E-state index in [4.69, 9.17) is 4.74 Å². The second-order valence-electron chi connectivity index (χ2n) is 5.91. The van der Waals surface area contributed by atoms with E-state index in [1.54, 1.807) is 6.20 Å². The minimum absolute atomic E-state index is 0.394. The number of rotatable bonds is 8. The van der Waals surface area contributed by atoms with Crippen molar-refractivity contribution in [3.05, 3.63) is 59.9 Å². The van der Waals surface area contributed by atoms with Gasteiger partial charge in [0.1, 0.15) is 12.4 Å². The molecule has 2 N–H and O–H groups in total. The van der Waals surface area contributed by atoms with Gasteiger partial charge in [-0.15, -0.1) is 0 Å². The topological polar surface area (TPSA) is 58.5 Å². The van der Waals surface area contributed by atoms with E-state index in [0.717, 1.165) is 35.9 Å². The van der Waals surface area contributed by atoms with Crippen LogP contribution in [0.4, 0.5) is 0 Å². The fourth-order valence-corrected chi connectivity index (χ4v) is 2.20. The molecule has 0 aliphatic heterocycles. The summed E-state index contributed by atoms with van der Waals surface area (Å²) in [7, 11) is 0. The van der Waals surface area contributed by atoms with Gasteiger partial charge in [-0.05, 0) is 50.1 Å². The zero-order valence-electron chi connectivity index (χ0n) is 15.3. The van der Waals surface area contributed by atoms with E-state index in [1.807, 2.05) is 36.4 Å². The first-order valence-electron chi connectivity index (χ1n) is 8.87. The number of hydrogen-bond donors (Lipinski definition) is 2. The number of benzene rings is 1. The van der Waals surface area contributed by atoms with Crippen LogP contribution in [0.15, 0.2) is 53.7 Å². The molecule has 0 radical (unpaired) electrons. The fraction of sp³-hybridized carbons (Fsp3) is 0.400. The first-order chi connectivity index (χ1) is 12.2. The molecule has 0 bridgehead atoms. The highest BCUT2D eigenvalue weighted by atomic mass is 16.5. The first kappa shape index (κ1) is 18.8. The van der Waals surface area contributed by atoms with Crippen LogP contribution in [0.5, 0.6) is 5.75 Å². The van der Waals surface area contributed by atoms with E-state index in [1.165, 1.54) is 0 Å². The van der Waals surface area contributed by atoms with Crippen molar-refractivity contribution in [2.75, 3.05) is 6.54 Å². The average molecular weight is 340 g/mol. The Morgan fingerprint density at radius 2 is 2.08 bits per heavy atom. The molecular weight excluding hydrogens is 312 g/mol. The molecule has 2 rings (SSSR count). The molecule has 1 aromatic heterocycles. The van der Waals surface area contributed by atoms with Crippen molar-refractivity contribution in [3.63, 3.8) is 0 Å². The van der Waals surface area contributed by atoms with Crippen LogP contribution in [0, 0.1) is 0 Å². The van der Waals surface area contributed by atoms with Gasteiger partial charge in [0.25, 0.3) is 0 Å². The minimum Gasteiger partial charge on any atom is -0.487 e. The van der Waals surface area contributed by atoms with Gasteiger partial charge in [0.15, 0.2) is 5.96 Å². The number of pyridine rings is 1. The molecule has 2 aromatic rings. The Kier molecular flexibility index (Phi) is 7.76. The molecule has 0 aliphatic rings.